The van der Waals surface area contributed by atoms with E-state index in [2.05, 4.69) is 12.2 Å². The number of non-ortho nitro benzene ring substituents is 1. The van der Waals surface area contributed by atoms with E-state index in [4.69, 9.17) is 0 Å². The standard InChI is InChI=1S/C14H20N2O2/c1-11(15-10-12-5-2-3-6-12)13-7-4-8-14(9-13)16(17)18/h4,7-9,11-12,15H,2-3,5-6,10H2,1H3. The summed E-state index contributed by atoms with van der Waals surface area (Å²) < 4.78 is 0. The number of nitrogens with zero attached hydrogens (tertiary/aromatic N) is 1. The van der Waals surface area contributed by atoms with Crippen molar-refractivity contribution in [3.8, 4) is 0 Å². The van der Waals surface area contributed by atoms with Crippen LogP contribution in [0.1, 0.15) is 44.2 Å². The fourth-order valence-electron chi connectivity index (χ4n) is 2.58. The highest BCUT2D eigenvalue weighted by atomic mass is 16.6. The Hall–Kier alpha value is -1.42. The van der Waals surface area contributed by atoms with E-state index < -0.39 is 0 Å². The van der Waals surface area contributed by atoms with E-state index in [-0.39, 0.29) is 16.7 Å². The molecule has 98 valence electrons. The molecule has 1 unspecified atom stereocenters. The van der Waals surface area contributed by atoms with Gasteiger partial charge in [-0.15, -0.1) is 0 Å². The number of hydrogen-bond acceptors (Lipinski definition) is 3. The van der Waals surface area contributed by atoms with Gasteiger partial charge < -0.3 is 5.32 Å². The minimum atomic E-state index is -0.340. The summed E-state index contributed by atoms with van der Waals surface area (Å²) in [6.07, 6.45) is 5.32. The molecule has 0 spiro atoms. The van der Waals surface area contributed by atoms with Crippen LogP contribution in [0, 0.1) is 16.0 Å². The molecule has 0 bridgehead atoms. The van der Waals surface area contributed by atoms with Crippen LogP contribution in [0.5, 0.6) is 0 Å². The van der Waals surface area contributed by atoms with E-state index in [9.17, 15) is 10.1 Å². The average molecular weight is 248 g/mol. The topological polar surface area (TPSA) is 55.2 Å². The monoisotopic (exact) mass is 248 g/mol. The van der Waals surface area contributed by atoms with E-state index in [1.807, 2.05) is 6.07 Å². The first-order valence-electron chi connectivity index (χ1n) is 6.64. The minimum absolute atomic E-state index is 0.169. The maximum absolute atomic E-state index is 10.7. The van der Waals surface area contributed by atoms with Crippen molar-refractivity contribution in [1.82, 2.24) is 5.32 Å². The molecule has 18 heavy (non-hydrogen) atoms. The van der Waals surface area contributed by atoms with Gasteiger partial charge in [0.15, 0.2) is 0 Å². The molecule has 0 heterocycles. The first-order chi connectivity index (χ1) is 8.66. The zero-order valence-electron chi connectivity index (χ0n) is 10.8. The second-order valence-corrected chi connectivity index (χ2v) is 5.13. The third kappa shape index (κ3) is 3.29. The molecule has 1 N–H and O–H groups in total. The molecule has 0 saturated heterocycles. The Bertz CT molecular complexity index is 414. The third-order valence-corrected chi connectivity index (χ3v) is 3.77. The van der Waals surface area contributed by atoms with Crippen LogP contribution >= 0.6 is 0 Å². The van der Waals surface area contributed by atoms with E-state index >= 15 is 0 Å². The third-order valence-electron chi connectivity index (χ3n) is 3.77. The van der Waals surface area contributed by atoms with Crippen LogP contribution in [0.15, 0.2) is 24.3 Å². The Morgan fingerprint density at radius 2 is 2.17 bits per heavy atom. The molecule has 1 aromatic carbocycles. The van der Waals surface area contributed by atoms with Gasteiger partial charge in [-0.05, 0) is 37.8 Å². The van der Waals surface area contributed by atoms with Gasteiger partial charge in [-0.1, -0.05) is 25.0 Å². The summed E-state index contributed by atoms with van der Waals surface area (Å²) in [5.41, 5.74) is 1.16. The van der Waals surface area contributed by atoms with Crippen molar-refractivity contribution in [3.05, 3.63) is 39.9 Å². The van der Waals surface area contributed by atoms with Crippen LogP contribution in [0.25, 0.3) is 0 Å². The summed E-state index contributed by atoms with van der Waals surface area (Å²) in [7, 11) is 0. The molecule has 1 aliphatic rings. The van der Waals surface area contributed by atoms with Gasteiger partial charge in [0.25, 0.3) is 5.69 Å². The van der Waals surface area contributed by atoms with E-state index in [0.717, 1.165) is 18.0 Å². The summed E-state index contributed by atoms with van der Waals surface area (Å²) in [5, 5.41) is 14.2. The number of nitro groups is 1. The Kier molecular flexibility index (Phi) is 4.31. The summed E-state index contributed by atoms with van der Waals surface area (Å²) >= 11 is 0. The lowest BCUT2D eigenvalue weighted by atomic mass is 10.1. The van der Waals surface area contributed by atoms with Crippen LogP contribution in [0.4, 0.5) is 5.69 Å². The smallest absolute Gasteiger partial charge is 0.269 e. The highest BCUT2D eigenvalue weighted by molar-refractivity contribution is 5.35. The minimum Gasteiger partial charge on any atom is -0.310 e. The number of nitro benzene ring substituents is 1. The molecule has 0 radical (unpaired) electrons. The lowest BCUT2D eigenvalue weighted by molar-refractivity contribution is -0.384. The zero-order valence-corrected chi connectivity index (χ0v) is 10.8. The summed E-state index contributed by atoms with van der Waals surface area (Å²) in [6.45, 7) is 3.08. The maximum Gasteiger partial charge on any atom is 0.269 e. The molecule has 1 fully saturated rings. The summed E-state index contributed by atoms with van der Waals surface area (Å²) in [4.78, 5) is 10.4. The summed E-state index contributed by atoms with van der Waals surface area (Å²) in [6, 6.07) is 7.06. The fraction of sp³-hybridized carbons (Fsp3) is 0.571. The number of benzene rings is 1. The van der Waals surface area contributed by atoms with Gasteiger partial charge in [0.05, 0.1) is 4.92 Å². The van der Waals surface area contributed by atoms with Crippen LogP contribution in [0.2, 0.25) is 0 Å². The van der Waals surface area contributed by atoms with Gasteiger partial charge >= 0.3 is 0 Å². The lowest BCUT2D eigenvalue weighted by Crippen LogP contribution is -2.24. The van der Waals surface area contributed by atoms with Crippen molar-refractivity contribution in [3.63, 3.8) is 0 Å². The molecule has 1 aliphatic carbocycles. The molecule has 1 aromatic rings. The predicted octanol–water partition coefficient (Wildman–Crippen LogP) is 3.44. The van der Waals surface area contributed by atoms with Gasteiger partial charge in [0.1, 0.15) is 0 Å². The maximum atomic E-state index is 10.7. The summed E-state index contributed by atoms with van der Waals surface area (Å²) in [5.74, 6) is 0.783. The highest BCUT2D eigenvalue weighted by Crippen LogP contribution is 2.25. The Balaban J connectivity index is 1.93. The van der Waals surface area contributed by atoms with Gasteiger partial charge in [-0.3, -0.25) is 10.1 Å². The average Bonchev–Trinajstić information content (AvgIpc) is 2.89. The zero-order chi connectivity index (χ0) is 13.0. The molecule has 0 aromatic heterocycles. The van der Waals surface area contributed by atoms with Crippen molar-refractivity contribution in [2.45, 2.75) is 38.6 Å². The fourth-order valence-corrected chi connectivity index (χ4v) is 2.58. The normalized spacial score (nSPS) is 17.8. The van der Waals surface area contributed by atoms with E-state index in [1.165, 1.54) is 31.7 Å². The van der Waals surface area contributed by atoms with Gasteiger partial charge in [-0.25, -0.2) is 0 Å². The van der Waals surface area contributed by atoms with Crippen LogP contribution in [0.3, 0.4) is 0 Å². The highest BCUT2D eigenvalue weighted by Gasteiger charge is 2.16. The van der Waals surface area contributed by atoms with Crippen molar-refractivity contribution in [2.24, 2.45) is 5.92 Å². The predicted molar refractivity (Wildman–Crippen MR) is 71.5 cm³/mol. The molecule has 4 heteroatoms. The van der Waals surface area contributed by atoms with Crippen molar-refractivity contribution in [2.75, 3.05) is 6.54 Å². The molecule has 0 aliphatic heterocycles. The molecular weight excluding hydrogens is 228 g/mol. The quantitative estimate of drug-likeness (QED) is 0.641. The molecule has 1 atom stereocenters. The Labute approximate surface area is 108 Å². The van der Waals surface area contributed by atoms with E-state index in [1.54, 1.807) is 12.1 Å². The van der Waals surface area contributed by atoms with Crippen molar-refractivity contribution >= 4 is 5.69 Å². The molecular formula is C14H20N2O2. The van der Waals surface area contributed by atoms with E-state index in [0.29, 0.717) is 0 Å². The molecule has 2 rings (SSSR count). The SMILES string of the molecule is CC(NCC1CCCC1)c1cccc([N+](=O)[O-])c1. The van der Waals surface area contributed by atoms with Gasteiger partial charge in [-0.2, -0.15) is 0 Å². The number of hydrogen-bond donors (Lipinski definition) is 1. The van der Waals surface area contributed by atoms with Crippen LogP contribution < -0.4 is 5.32 Å². The number of rotatable bonds is 5. The van der Waals surface area contributed by atoms with Gasteiger partial charge in [0.2, 0.25) is 0 Å². The molecule has 0 amide bonds. The largest absolute Gasteiger partial charge is 0.310 e. The molecule has 4 nitrogen and oxygen atoms in total. The van der Waals surface area contributed by atoms with Crippen LogP contribution in [-0.4, -0.2) is 11.5 Å². The second kappa shape index (κ2) is 5.96. The van der Waals surface area contributed by atoms with Crippen LogP contribution in [-0.2, 0) is 0 Å². The van der Waals surface area contributed by atoms with Crippen molar-refractivity contribution < 1.29 is 4.92 Å². The lowest BCUT2D eigenvalue weighted by Gasteiger charge is -2.17. The van der Waals surface area contributed by atoms with Gasteiger partial charge in [0, 0.05) is 18.2 Å². The molecule has 1 saturated carbocycles. The Morgan fingerprint density at radius 1 is 1.44 bits per heavy atom. The van der Waals surface area contributed by atoms with Crippen molar-refractivity contribution in [1.29, 1.82) is 0 Å². The Morgan fingerprint density at radius 3 is 2.83 bits per heavy atom. The second-order valence-electron chi connectivity index (χ2n) is 5.13. The first-order valence-corrected chi connectivity index (χ1v) is 6.64. The first kappa shape index (κ1) is 13.0. The number of nitrogens with one attached hydrogen (secondary N) is 1.